The molecule has 1 fully saturated rings. The fourth-order valence-corrected chi connectivity index (χ4v) is 3.67. The number of esters is 1. The number of carbonyl (C=O) groups excluding carboxylic acids is 3. The van der Waals surface area contributed by atoms with Crippen LogP contribution in [0, 0.1) is 0 Å². The second-order valence-corrected chi connectivity index (χ2v) is 8.29. The van der Waals surface area contributed by atoms with Gasteiger partial charge in [0.1, 0.15) is 6.04 Å². The number of hydrogen-bond acceptors (Lipinski definition) is 6. The first-order valence-corrected chi connectivity index (χ1v) is 10.9. The van der Waals surface area contributed by atoms with Gasteiger partial charge < -0.3 is 14.7 Å². The minimum atomic E-state index is -0.864. The van der Waals surface area contributed by atoms with Crippen LogP contribution in [0.15, 0.2) is 0 Å². The molecule has 0 aliphatic carbocycles. The summed E-state index contributed by atoms with van der Waals surface area (Å²) in [6, 6.07) is -1.06. The van der Waals surface area contributed by atoms with E-state index in [2.05, 4.69) is 11.7 Å². The summed E-state index contributed by atoms with van der Waals surface area (Å²) >= 11 is 0. The van der Waals surface area contributed by atoms with Gasteiger partial charge in [-0.05, 0) is 32.6 Å². The number of unbranched alkanes of at least 4 members (excludes halogenated alkanes) is 6. The SMILES string of the molecule is CCCCCCC(C)(O)CCN1C(=O)N(N)C(=O)C1CCCCCCC(=O)OC. The van der Waals surface area contributed by atoms with Crippen LogP contribution in [0.2, 0.25) is 0 Å². The summed E-state index contributed by atoms with van der Waals surface area (Å²) in [7, 11) is 1.38. The molecule has 0 aromatic rings. The Kier molecular flexibility index (Phi) is 11.2. The predicted molar refractivity (Wildman–Crippen MR) is 111 cm³/mol. The Labute approximate surface area is 174 Å². The number of ether oxygens (including phenoxy) is 1. The summed E-state index contributed by atoms with van der Waals surface area (Å²) < 4.78 is 4.61. The molecule has 0 saturated carbocycles. The molecule has 0 aromatic carbocycles. The van der Waals surface area contributed by atoms with Crippen LogP contribution < -0.4 is 5.84 Å². The Morgan fingerprint density at radius 2 is 1.76 bits per heavy atom. The van der Waals surface area contributed by atoms with Gasteiger partial charge in [-0.1, -0.05) is 51.9 Å². The first-order chi connectivity index (χ1) is 13.7. The van der Waals surface area contributed by atoms with Gasteiger partial charge in [-0.2, -0.15) is 5.01 Å². The number of imide groups is 1. The summed E-state index contributed by atoms with van der Waals surface area (Å²) in [6.45, 7) is 4.25. The Morgan fingerprint density at radius 3 is 2.41 bits per heavy atom. The molecule has 2 atom stereocenters. The number of carbonyl (C=O) groups is 3. The van der Waals surface area contributed by atoms with E-state index in [1.807, 2.05) is 0 Å². The van der Waals surface area contributed by atoms with E-state index in [1.54, 1.807) is 6.92 Å². The maximum absolute atomic E-state index is 12.4. The summed E-state index contributed by atoms with van der Waals surface area (Å²) in [6.07, 6.45) is 9.60. The third kappa shape index (κ3) is 8.70. The molecule has 0 aromatic heterocycles. The highest BCUT2D eigenvalue weighted by Gasteiger charge is 2.43. The maximum Gasteiger partial charge on any atom is 0.342 e. The summed E-state index contributed by atoms with van der Waals surface area (Å²) in [5.41, 5.74) is -0.864. The molecule has 0 radical (unpaired) electrons. The van der Waals surface area contributed by atoms with Gasteiger partial charge in [0.2, 0.25) is 0 Å². The Balaban J connectivity index is 2.46. The molecule has 1 heterocycles. The third-order valence-corrected chi connectivity index (χ3v) is 5.65. The van der Waals surface area contributed by atoms with Gasteiger partial charge in [-0.15, -0.1) is 0 Å². The van der Waals surface area contributed by atoms with Crippen molar-refractivity contribution in [3.8, 4) is 0 Å². The molecule has 0 bridgehead atoms. The predicted octanol–water partition coefficient (Wildman–Crippen LogP) is 3.12. The van der Waals surface area contributed by atoms with Crippen molar-refractivity contribution in [1.82, 2.24) is 9.91 Å². The van der Waals surface area contributed by atoms with Crippen molar-refractivity contribution in [2.75, 3.05) is 13.7 Å². The minimum absolute atomic E-state index is 0.215. The summed E-state index contributed by atoms with van der Waals surface area (Å²) in [4.78, 5) is 37.3. The molecule has 2 unspecified atom stereocenters. The second kappa shape index (κ2) is 12.8. The molecule has 8 nitrogen and oxygen atoms in total. The highest BCUT2D eigenvalue weighted by atomic mass is 16.5. The summed E-state index contributed by atoms with van der Waals surface area (Å²) in [5.74, 6) is 5.04. The van der Waals surface area contributed by atoms with Gasteiger partial charge in [-0.3, -0.25) is 9.59 Å². The zero-order chi connectivity index (χ0) is 21.9. The zero-order valence-corrected chi connectivity index (χ0v) is 18.3. The van der Waals surface area contributed by atoms with Crippen molar-refractivity contribution < 1.29 is 24.2 Å². The van der Waals surface area contributed by atoms with E-state index in [4.69, 9.17) is 5.84 Å². The lowest BCUT2D eigenvalue weighted by Crippen LogP contribution is -2.40. The number of rotatable bonds is 15. The lowest BCUT2D eigenvalue weighted by atomic mass is 9.94. The van der Waals surface area contributed by atoms with E-state index < -0.39 is 17.7 Å². The summed E-state index contributed by atoms with van der Waals surface area (Å²) in [5, 5.41) is 11.3. The van der Waals surface area contributed by atoms with Crippen molar-refractivity contribution in [3.63, 3.8) is 0 Å². The standard InChI is InChI=1S/C21H39N3O5/c1-4-5-6-11-14-21(2,28)15-16-23-17(19(26)24(22)20(23)27)12-9-7-8-10-13-18(25)29-3/h17,28H,4-16,22H2,1-3H3. The number of aliphatic hydroxyl groups is 1. The van der Waals surface area contributed by atoms with Crippen LogP contribution in [0.1, 0.15) is 90.9 Å². The highest BCUT2D eigenvalue weighted by molar-refractivity contribution is 6.03. The van der Waals surface area contributed by atoms with E-state index >= 15 is 0 Å². The van der Waals surface area contributed by atoms with Crippen molar-refractivity contribution >= 4 is 17.9 Å². The minimum Gasteiger partial charge on any atom is -0.469 e. The van der Waals surface area contributed by atoms with Crippen molar-refractivity contribution in [1.29, 1.82) is 0 Å². The second-order valence-electron chi connectivity index (χ2n) is 8.29. The molecule has 29 heavy (non-hydrogen) atoms. The molecule has 3 N–H and O–H groups in total. The highest BCUT2D eigenvalue weighted by Crippen LogP contribution is 2.25. The number of urea groups is 1. The average molecular weight is 414 g/mol. The lowest BCUT2D eigenvalue weighted by Gasteiger charge is -2.28. The molecule has 0 spiro atoms. The van der Waals surface area contributed by atoms with Crippen molar-refractivity contribution in [2.45, 2.75) is 103 Å². The smallest absolute Gasteiger partial charge is 0.342 e. The molecule has 1 rings (SSSR count). The van der Waals surface area contributed by atoms with Gasteiger partial charge >= 0.3 is 12.0 Å². The van der Waals surface area contributed by atoms with Gasteiger partial charge in [0.05, 0.1) is 12.7 Å². The van der Waals surface area contributed by atoms with Crippen LogP contribution in [0.3, 0.4) is 0 Å². The van der Waals surface area contributed by atoms with E-state index in [9.17, 15) is 19.5 Å². The molecular formula is C21H39N3O5. The fourth-order valence-electron chi connectivity index (χ4n) is 3.67. The fraction of sp³-hybridized carbons (Fsp3) is 0.857. The van der Waals surface area contributed by atoms with Crippen molar-refractivity contribution in [3.05, 3.63) is 0 Å². The van der Waals surface area contributed by atoms with Gasteiger partial charge in [0.25, 0.3) is 5.91 Å². The van der Waals surface area contributed by atoms with E-state index in [0.29, 0.717) is 37.2 Å². The Bertz CT molecular complexity index is 538. The third-order valence-electron chi connectivity index (χ3n) is 5.65. The molecule has 1 aliphatic heterocycles. The lowest BCUT2D eigenvalue weighted by molar-refractivity contribution is -0.140. The van der Waals surface area contributed by atoms with Crippen molar-refractivity contribution in [2.24, 2.45) is 5.84 Å². The quantitative estimate of drug-likeness (QED) is 0.140. The zero-order valence-electron chi connectivity index (χ0n) is 18.3. The van der Waals surface area contributed by atoms with Gasteiger partial charge in [0, 0.05) is 13.0 Å². The Hall–Kier alpha value is -1.67. The number of amides is 3. The first kappa shape index (κ1) is 25.4. The van der Waals surface area contributed by atoms with E-state index in [-0.39, 0.29) is 11.9 Å². The maximum atomic E-state index is 12.4. The average Bonchev–Trinajstić information content (AvgIpc) is 2.89. The number of hydrogen-bond donors (Lipinski definition) is 2. The van der Waals surface area contributed by atoms with E-state index in [0.717, 1.165) is 51.4 Å². The molecular weight excluding hydrogens is 374 g/mol. The van der Waals surface area contributed by atoms with E-state index in [1.165, 1.54) is 12.0 Å². The Morgan fingerprint density at radius 1 is 1.10 bits per heavy atom. The van der Waals surface area contributed by atoms with Crippen LogP contribution in [0.5, 0.6) is 0 Å². The number of hydrazine groups is 1. The molecule has 1 aliphatic rings. The van der Waals surface area contributed by atoms with Gasteiger partial charge in [-0.25, -0.2) is 10.6 Å². The normalized spacial score (nSPS) is 19.0. The molecule has 8 heteroatoms. The molecule has 168 valence electrons. The first-order valence-electron chi connectivity index (χ1n) is 10.9. The molecule has 3 amide bonds. The van der Waals surface area contributed by atoms with Crippen LogP contribution in [0.4, 0.5) is 4.79 Å². The monoisotopic (exact) mass is 413 g/mol. The van der Waals surface area contributed by atoms with Gasteiger partial charge in [0.15, 0.2) is 0 Å². The topological polar surface area (TPSA) is 113 Å². The number of methoxy groups -OCH3 is 1. The van der Waals surface area contributed by atoms with Crippen LogP contribution in [0.25, 0.3) is 0 Å². The molecule has 1 saturated heterocycles. The number of nitrogens with zero attached hydrogens (tertiary/aromatic N) is 2. The van der Waals surface area contributed by atoms with Crippen LogP contribution in [-0.2, 0) is 14.3 Å². The van der Waals surface area contributed by atoms with Crippen LogP contribution >= 0.6 is 0 Å². The van der Waals surface area contributed by atoms with Crippen LogP contribution in [-0.4, -0.2) is 58.2 Å². The largest absolute Gasteiger partial charge is 0.469 e. The number of nitrogens with two attached hydrogens (primary N) is 1.